The first-order valence-electron chi connectivity index (χ1n) is 7.63. The van der Waals surface area contributed by atoms with Crippen molar-refractivity contribution < 1.29 is 9.53 Å². The Hall–Kier alpha value is -1.50. The van der Waals surface area contributed by atoms with Crippen molar-refractivity contribution in [2.75, 3.05) is 13.2 Å². The molecule has 0 radical (unpaired) electrons. The molecule has 1 fully saturated rings. The number of ether oxygens (including phenoxy) is 1. The quantitative estimate of drug-likeness (QED) is 0.901. The Balaban J connectivity index is 1.59. The third kappa shape index (κ3) is 3.45. The molecule has 1 aliphatic heterocycles. The van der Waals surface area contributed by atoms with Crippen molar-refractivity contribution in [3.63, 3.8) is 0 Å². The zero-order valence-corrected chi connectivity index (χ0v) is 13.7. The van der Waals surface area contributed by atoms with E-state index >= 15 is 0 Å². The fourth-order valence-corrected chi connectivity index (χ4v) is 3.78. The van der Waals surface area contributed by atoms with Crippen LogP contribution < -0.4 is 10.6 Å². The molecule has 3 atom stereocenters. The largest absolute Gasteiger partial charge is 0.375 e. The lowest BCUT2D eigenvalue weighted by Gasteiger charge is -2.30. The van der Waals surface area contributed by atoms with E-state index in [1.54, 1.807) is 11.3 Å². The van der Waals surface area contributed by atoms with E-state index in [2.05, 4.69) is 21.7 Å². The minimum atomic E-state index is -0.272. The van der Waals surface area contributed by atoms with E-state index < -0.39 is 0 Å². The molecule has 2 N–H and O–H groups in total. The standard InChI is InChI=1S/C16H21N3O2S/c1-10(18-16(20)15-11(2)21-8-7-17-15)9-14-19-12-5-3-4-6-13(12)22-14/h3-6,10-11,15,17H,7-9H2,1-2H3,(H,18,20)/t10?,11-,15+/m1/s1. The molecule has 2 aromatic rings. The van der Waals surface area contributed by atoms with Gasteiger partial charge in [0.05, 0.1) is 27.9 Å². The molecule has 118 valence electrons. The first-order valence-corrected chi connectivity index (χ1v) is 8.45. The van der Waals surface area contributed by atoms with Crippen LogP contribution >= 0.6 is 11.3 Å². The van der Waals surface area contributed by atoms with Gasteiger partial charge >= 0.3 is 0 Å². The summed E-state index contributed by atoms with van der Waals surface area (Å²) in [5.74, 6) is 0.000751. The Bertz CT molecular complexity index is 625. The van der Waals surface area contributed by atoms with Gasteiger partial charge in [-0.15, -0.1) is 11.3 Å². The number of carbonyl (C=O) groups is 1. The molecule has 1 saturated heterocycles. The Labute approximate surface area is 134 Å². The maximum atomic E-state index is 12.3. The van der Waals surface area contributed by atoms with Crippen LogP contribution in [0, 0.1) is 0 Å². The molecule has 6 heteroatoms. The van der Waals surface area contributed by atoms with Crippen LogP contribution in [0.1, 0.15) is 18.9 Å². The van der Waals surface area contributed by atoms with Gasteiger partial charge in [0.15, 0.2) is 0 Å². The van der Waals surface area contributed by atoms with E-state index in [-0.39, 0.29) is 24.1 Å². The summed E-state index contributed by atoms with van der Waals surface area (Å²) in [5.41, 5.74) is 1.02. The number of nitrogens with one attached hydrogen (secondary N) is 2. The first kappa shape index (κ1) is 15.4. The number of hydrogen-bond donors (Lipinski definition) is 2. The lowest BCUT2D eigenvalue weighted by atomic mass is 10.1. The minimum absolute atomic E-state index is 0.000751. The van der Waals surface area contributed by atoms with Crippen LogP contribution in [0.15, 0.2) is 24.3 Å². The lowest BCUT2D eigenvalue weighted by molar-refractivity contribution is -0.129. The summed E-state index contributed by atoms with van der Waals surface area (Å²) in [5, 5.41) is 7.32. The Morgan fingerprint density at radius 1 is 1.55 bits per heavy atom. The average Bonchev–Trinajstić information content (AvgIpc) is 2.89. The summed E-state index contributed by atoms with van der Waals surface area (Å²) in [6, 6.07) is 7.88. The molecule has 1 unspecified atom stereocenters. The second-order valence-electron chi connectivity index (χ2n) is 5.70. The van der Waals surface area contributed by atoms with Gasteiger partial charge in [0, 0.05) is 19.0 Å². The molecule has 5 nitrogen and oxygen atoms in total. The fraction of sp³-hybridized carbons (Fsp3) is 0.500. The highest BCUT2D eigenvalue weighted by Crippen LogP contribution is 2.22. The molecule has 0 spiro atoms. The number of amides is 1. The fourth-order valence-electron chi connectivity index (χ4n) is 2.68. The Morgan fingerprint density at radius 2 is 2.36 bits per heavy atom. The number of para-hydroxylation sites is 1. The van der Waals surface area contributed by atoms with E-state index in [1.165, 1.54) is 4.70 Å². The van der Waals surface area contributed by atoms with E-state index in [0.29, 0.717) is 13.2 Å². The summed E-state index contributed by atoms with van der Waals surface area (Å²) >= 11 is 1.69. The van der Waals surface area contributed by atoms with Crippen LogP contribution in [0.25, 0.3) is 10.2 Å². The Morgan fingerprint density at radius 3 is 3.14 bits per heavy atom. The van der Waals surface area contributed by atoms with Gasteiger partial charge in [0.2, 0.25) is 5.91 Å². The van der Waals surface area contributed by atoms with Gasteiger partial charge in [-0.2, -0.15) is 0 Å². The van der Waals surface area contributed by atoms with Crippen molar-refractivity contribution in [2.45, 2.75) is 38.5 Å². The van der Waals surface area contributed by atoms with Crippen molar-refractivity contribution >= 4 is 27.5 Å². The highest BCUT2D eigenvalue weighted by molar-refractivity contribution is 7.18. The smallest absolute Gasteiger partial charge is 0.240 e. The third-order valence-electron chi connectivity index (χ3n) is 3.81. The summed E-state index contributed by atoms with van der Waals surface area (Å²) in [4.78, 5) is 16.9. The zero-order chi connectivity index (χ0) is 15.5. The number of fused-ring (bicyclic) bond motifs is 1. The molecule has 1 aliphatic rings. The predicted molar refractivity (Wildman–Crippen MR) is 88.1 cm³/mol. The second kappa shape index (κ2) is 6.73. The number of hydrogen-bond acceptors (Lipinski definition) is 5. The lowest BCUT2D eigenvalue weighted by Crippen LogP contribution is -2.56. The first-order chi connectivity index (χ1) is 10.6. The minimum Gasteiger partial charge on any atom is -0.375 e. The topological polar surface area (TPSA) is 63.2 Å². The van der Waals surface area contributed by atoms with Crippen LogP contribution in [-0.2, 0) is 16.0 Å². The van der Waals surface area contributed by atoms with Gasteiger partial charge in [-0.1, -0.05) is 12.1 Å². The summed E-state index contributed by atoms with van der Waals surface area (Å²) in [7, 11) is 0. The van der Waals surface area contributed by atoms with Crippen LogP contribution in [0.5, 0.6) is 0 Å². The SMILES string of the molecule is CC(Cc1nc2ccccc2s1)NC(=O)[C@H]1NCCO[C@@H]1C. The molecule has 1 aromatic heterocycles. The van der Waals surface area contributed by atoms with Crippen LogP contribution in [0.4, 0.5) is 0 Å². The van der Waals surface area contributed by atoms with Gasteiger partial charge < -0.3 is 15.4 Å². The van der Waals surface area contributed by atoms with Crippen LogP contribution in [0.3, 0.4) is 0 Å². The monoisotopic (exact) mass is 319 g/mol. The van der Waals surface area contributed by atoms with Crippen molar-refractivity contribution in [3.05, 3.63) is 29.3 Å². The maximum Gasteiger partial charge on any atom is 0.240 e. The molecule has 1 amide bonds. The molecule has 0 saturated carbocycles. The number of benzene rings is 1. The molecule has 22 heavy (non-hydrogen) atoms. The number of morpholine rings is 1. The molecule has 2 heterocycles. The van der Waals surface area contributed by atoms with Gasteiger partial charge in [-0.05, 0) is 26.0 Å². The molecular weight excluding hydrogens is 298 g/mol. The average molecular weight is 319 g/mol. The highest BCUT2D eigenvalue weighted by Gasteiger charge is 2.29. The Kier molecular flexibility index (Phi) is 4.71. The normalized spacial score (nSPS) is 23.4. The number of thiazole rings is 1. The van der Waals surface area contributed by atoms with E-state index in [4.69, 9.17) is 4.74 Å². The molecular formula is C16H21N3O2S. The van der Waals surface area contributed by atoms with Crippen molar-refractivity contribution in [2.24, 2.45) is 0 Å². The van der Waals surface area contributed by atoms with E-state index in [9.17, 15) is 4.79 Å². The summed E-state index contributed by atoms with van der Waals surface area (Å²) < 4.78 is 6.70. The van der Waals surface area contributed by atoms with E-state index in [0.717, 1.165) is 16.9 Å². The number of rotatable bonds is 4. The molecule has 0 bridgehead atoms. The second-order valence-corrected chi connectivity index (χ2v) is 6.81. The van der Waals surface area contributed by atoms with Gasteiger partial charge in [-0.3, -0.25) is 4.79 Å². The number of carbonyl (C=O) groups excluding carboxylic acids is 1. The van der Waals surface area contributed by atoms with Gasteiger partial charge in [-0.25, -0.2) is 4.98 Å². The van der Waals surface area contributed by atoms with Crippen LogP contribution in [0.2, 0.25) is 0 Å². The molecule has 3 rings (SSSR count). The maximum absolute atomic E-state index is 12.3. The zero-order valence-electron chi connectivity index (χ0n) is 12.8. The van der Waals surface area contributed by atoms with Gasteiger partial charge in [0.25, 0.3) is 0 Å². The molecule has 0 aliphatic carbocycles. The van der Waals surface area contributed by atoms with Gasteiger partial charge in [0.1, 0.15) is 6.04 Å². The van der Waals surface area contributed by atoms with Crippen molar-refractivity contribution in [3.8, 4) is 0 Å². The number of aromatic nitrogens is 1. The van der Waals surface area contributed by atoms with Crippen LogP contribution in [-0.4, -0.2) is 42.2 Å². The van der Waals surface area contributed by atoms with E-state index in [1.807, 2.05) is 32.0 Å². The summed E-state index contributed by atoms with van der Waals surface area (Å²) in [6.07, 6.45) is 0.649. The third-order valence-corrected chi connectivity index (χ3v) is 4.87. The van der Waals surface area contributed by atoms with Crippen molar-refractivity contribution in [1.29, 1.82) is 0 Å². The summed E-state index contributed by atoms with van der Waals surface area (Å²) in [6.45, 7) is 5.31. The van der Waals surface area contributed by atoms with Crippen molar-refractivity contribution in [1.82, 2.24) is 15.6 Å². The predicted octanol–water partition coefficient (Wildman–Crippen LogP) is 1.72. The highest BCUT2D eigenvalue weighted by atomic mass is 32.1. The number of nitrogens with zero attached hydrogens (tertiary/aromatic N) is 1. The molecule has 1 aromatic carbocycles.